The molecule has 0 saturated carbocycles. The fourth-order valence-corrected chi connectivity index (χ4v) is 8.16. The fourth-order valence-electron chi connectivity index (χ4n) is 8.16. The number of amides is 1. The van der Waals surface area contributed by atoms with E-state index in [-0.39, 0.29) is 23.8 Å². The van der Waals surface area contributed by atoms with Crippen LogP contribution in [0.3, 0.4) is 0 Å². The molecule has 1 aromatic carbocycles. The van der Waals surface area contributed by atoms with Gasteiger partial charge in [-0.25, -0.2) is 9.37 Å². The van der Waals surface area contributed by atoms with E-state index in [1.54, 1.807) is 24.2 Å². The Kier molecular flexibility index (Phi) is 9.08. The Bertz CT molecular complexity index is 2090. The summed E-state index contributed by atoms with van der Waals surface area (Å²) < 4.78 is 30.0. The third-order valence-corrected chi connectivity index (χ3v) is 11.0. The Hall–Kier alpha value is -5.01. The van der Waals surface area contributed by atoms with Gasteiger partial charge in [0.1, 0.15) is 29.6 Å². The molecule has 1 atom stereocenters. The average Bonchev–Trinajstić information content (AvgIpc) is 3.49. The zero-order chi connectivity index (χ0) is 36.1. The number of anilines is 4. The number of rotatable bonds is 8. The van der Waals surface area contributed by atoms with Crippen LogP contribution in [0, 0.1) is 5.82 Å². The van der Waals surface area contributed by atoms with E-state index in [1.807, 2.05) is 24.4 Å². The van der Waals surface area contributed by atoms with Gasteiger partial charge >= 0.3 is 5.97 Å². The summed E-state index contributed by atoms with van der Waals surface area (Å²) in [5.74, 6) is -0.793. The molecular weight excluding hydrogens is 665 g/mol. The number of hydrogen-bond donors (Lipinski definition) is 1. The first-order valence-corrected chi connectivity index (χ1v) is 18.2. The number of hydrogen-bond acceptors (Lipinski definition) is 9. The molecule has 52 heavy (non-hydrogen) atoms. The summed E-state index contributed by atoms with van der Waals surface area (Å²) in [7, 11) is 1.63. The zero-order valence-electron chi connectivity index (χ0n) is 29.9. The van der Waals surface area contributed by atoms with Gasteiger partial charge in [0.25, 0.3) is 11.5 Å². The molecule has 0 radical (unpaired) electrons. The summed E-state index contributed by atoms with van der Waals surface area (Å²) >= 11 is 0. The van der Waals surface area contributed by atoms with Crippen molar-refractivity contribution in [2.24, 2.45) is 7.05 Å². The highest BCUT2D eigenvalue weighted by Gasteiger charge is 2.34. The van der Waals surface area contributed by atoms with Crippen molar-refractivity contribution in [2.45, 2.75) is 64.8 Å². The van der Waals surface area contributed by atoms with Crippen LogP contribution in [0.5, 0.6) is 0 Å². The number of aryl methyl sites for hydroxylation is 2. The summed E-state index contributed by atoms with van der Waals surface area (Å²) in [6.07, 6.45) is 7.52. The van der Waals surface area contributed by atoms with E-state index in [1.165, 1.54) is 34.9 Å². The zero-order valence-corrected chi connectivity index (χ0v) is 29.9. The van der Waals surface area contributed by atoms with Crippen molar-refractivity contribution in [3.8, 4) is 11.1 Å². The van der Waals surface area contributed by atoms with E-state index >= 15 is 4.39 Å². The molecule has 13 heteroatoms. The van der Waals surface area contributed by atoms with Gasteiger partial charge in [0.15, 0.2) is 0 Å². The van der Waals surface area contributed by atoms with Gasteiger partial charge in [-0.1, -0.05) is 0 Å². The molecule has 272 valence electrons. The van der Waals surface area contributed by atoms with Crippen LogP contribution in [-0.2, 0) is 47.3 Å². The molecule has 12 nitrogen and oxygen atoms in total. The molecular formula is C39H44FN7O5. The minimum atomic E-state index is -0.554. The molecule has 0 spiro atoms. The van der Waals surface area contributed by atoms with Crippen molar-refractivity contribution < 1.29 is 23.5 Å². The molecule has 0 bridgehead atoms. The molecule has 8 rings (SSSR count). The van der Waals surface area contributed by atoms with E-state index in [2.05, 4.69) is 31.6 Å². The second kappa shape index (κ2) is 13.8. The van der Waals surface area contributed by atoms with Crippen molar-refractivity contribution in [1.82, 2.24) is 19.0 Å². The third-order valence-electron chi connectivity index (χ3n) is 11.0. The standard InChI is InChI=1S/C39H44FN7O5/c1-24-19-44(30-21-51-22-30)10-11-45(24)29-8-9-37(41-18-29)42-33-14-27(20-43(3)38(33)49)31-16-28(40)17-35(32(31)23-52-25(2)48)47-13-12-46-34-7-5-4-6-26(34)15-36(46)39(47)50/h8-9,14-18,20,24,30H,4-7,10-13,19,21-23H2,1-3H3,(H,41,42)/t24-/m1/s1. The van der Waals surface area contributed by atoms with Crippen LogP contribution >= 0.6 is 0 Å². The number of piperazine rings is 1. The fraction of sp³-hybridized carbons (Fsp3) is 0.436. The molecule has 2 saturated heterocycles. The first kappa shape index (κ1) is 34.1. The number of nitrogens with zero attached hydrogens (tertiary/aromatic N) is 6. The number of halogens is 1. The van der Waals surface area contributed by atoms with Gasteiger partial charge in [-0.3, -0.25) is 19.3 Å². The largest absolute Gasteiger partial charge is 0.461 e. The van der Waals surface area contributed by atoms with Gasteiger partial charge in [0.05, 0.1) is 36.8 Å². The van der Waals surface area contributed by atoms with Crippen molar-refractivity contribution in [2.75, 3.05) is 54.5 Å². The van der Waals surface area contributed by atoms with Gasteiger partial charge in [-0.05, 0) is 80.1 Å². The maximum absolute atomic E-state index is 15.6. The van der Waals surface area contributed by atoms with Gasteiger partial charge in [-0.15, -0.1) is 0 Å². The number of nitrogens with one attached hydrogen (secondary N) is 1. The van der Waals surface area contributed by atoms with Crippen LogP contribution in [0.2, 0.25) is 0 Å². The third kappa shape index (κ3) is 6.36. The van der Waals surface area contributed by atoms with E-state index in [0.29, 0.717) is 59.1 Å². The normalized spacial score (nSPS) is 19.2. The number of benzene rings is 1. The highest BCUT2D eigenvalue weighted by molar-refractivity contribution is 6.07. The van der Waals surface area contributed by atoms with Crippen LogP contribution in [0.25, 0.3) is 11.1 Å². The van der Waals surface area contributed by atoms with E-state index < -0.39 is 11.8 Å². The Labute approximate surface area is 301 Å². The summed E-state index contributed by atoms with van der Waals surface area (Å²) in [6, 6.07) is 11.0. The van der Waals surface area contributed by atoms with Crippen LogP contribution in [0.15, 0.2) is 53.6 Å². The monoisotopic (exact) mass is 709 g/mol. The average molecular weight is 710 g/mol. The Morgan fingerprint density at radius 3 is 2.62 bits per heavy atom. The van der Waals surface area contributed by atoms with Crippen molar-refractivity contribution in [3.05, 3.63) is 87.5 Å². The molecule has 3 aliphatic heterocycles. The second-order valence-corrected chi connectivity index (χ2v) is 14.4. The van der Waals surface area contributed by atoms with Gasteiger partial charge in [0.2, 0.25) is 0 Å². The Morgan fingerprint density at radius 2 is 1.88 bits per heavy atom. The molecule has 1 N–H and O–H groups in total. The number of pyridine rings is 2. The predicted molar refractivity (Wildman–Crippen MR) is 196 cm³/mol. The minimum Gasteiger partial charge on any atom is -0.461 e. The number of esters is 1. The van der Waals surface area contributed by atoms with Crippen LogP contribution < -0.4 is 20.7 Å². The van der Waals surface area contributed by atoms with E-state index in [0.717, 1.165) is 64.2 Å². The van der Waals surface area contributed by atoms with Crippen molar-refractivity contribution in [1.29, 1.82) is 0 Å². The van der Waals surface area contributed by atoms with Gasteiger partial charge in [0, 0.05) is 75.8 Å². The minimum absolute atomic E-state index is 0.183. The van der Waals surface area contributed by atoms with E-state index in [4.69, 9.17) is 9.47 Å². The number of aromatic nitrogens is 3. The highest BCUT2D eigenvalue weighted by atomic mass is 19.1. The Balaban J connectivity index is 1.09. The first-order chi connectivity index (χ1) is 25.1. The maximum atomic E-state index is 15.6. The van der Waals surface area contributed by atoms with Crippen LogP contribution in [-0.4, -0.2) is 82.4 Å². The molecule has 4 aliphatic rings. The topological polar surface area (TPSA) is 114 Å². The van der Waals surface area contributed by atoms with E-state index in [9.17, 15) is 14.4 Å². The number of carbonyl (C=O) groups excluding carboxylic acids is 2. The molecule has 1 aliphatic carbocycles. The Morgan fingerprint density at radius 1 is 1.06 bits per heavy atom. The molecule has 2 fully saturated rings. The number of fused-ring (bicyclic) bond motifs is 3. The van der Waals surface area contributed by atoms with Gasteiger partial charge < -0.3 is 33.7 Å². The SMILES string of the molecule is CC(=O)OCc1c(-c2cc(Nc3ccc(N4CCN(C5COC5)C[C@H]4C)cn3)c(=O)n(C)c2)cc(F)cc1N1CCn2c(cc3c2CCCC3)C1=O. The summed E-state index contributed by atoms with van der Waals surface area (Å²) in [6.45, 7) is 8.68. The molecule has 6 heterocycles. The first-order valence-electron chi connectivity index (χ1n) is 18.2. The smallest absolute Gasteiger partial charge is 0.302 e. The summed E-state index contributed by atoms with van der Waals surface area (Å²) in [5, 5.41) is 3.17. The van der Waals surface area contributed by atoms with Gasteiger partial charge in [-0.2, -0.15) is 0 Å². The van der Waals surface area contributed by atoms with Crippen molar-refractivity contribution >= 4 is 34.8 Å². The lowest BCUT2D eigenvalue weighted by atomic mass is 9.97. The molecule has 3 aromatic heterocycles. The number of ether oxygens (including phenoxy) is 2. The highest BCUT2D eigenvalue weighted by Crippen LogP contribution is 2.37. The van der Waals surface area contributed by atoms with Crippen LogP contribution in [0.4, 0.5) is 27.3 Å². The summed E-state index contributed by atoms with van der Waals surface area (Å²) in [5.41, 5.74) is 5.70. The lowest BCUT2D eigenvalue weighted by Gasteiger charge is -2.46. The van der Waals surface area contributed by atoms with Crippen LogP contribution in [0.1, 0.15) is 54.0 Å². The quantitative estimate of drug-likeness (QED) is 0.262. The lowest BCUT2D eigenvalue weighted by Crippen LogP contribution is -2.59. The van der Waals surface area contributed by atoms with Crippen molar-refractivity contribution in [3.63, 3.8) is 0 Å². The number of carbonyl (C=O) groups is 2. The molecule has 0 unspecified atom stereocenters. The lowest BCUT2D eigenvalue weighted by molar-refractivity contribution is -0.142. The second-order valence-electron chi connectivity index (χ2n) is 14.4. The molecule has 1 amide bonds. The summed E-state index contributed by atoms with van der Waals surface area (Å²) in [4.78, 5) is 50.6. The predicted octanol–water partition coefficient (Wildman–Crippen LogP) is 4.64. The molecule has 4 aromatic rings. The maximum Gasteiger partial charge on any atom is 0.302 e.